The highest BCUT2D eigenvalue weighted by molar-refractivity contribution is 5.96. The molecule has 1 aliphatic rings. The van der Waals surface area contributed by atoms with Crippen LogP contribution in [0.5, 0.6) is 11.5 Å². The number of rotatable bonds is 8. The molecule has 0 aromatic heterocycles. The topological polar surface area (TPSA) is 109 Å². The van der Waals surface area contributed by atoms with Gasteiger partial charge in [-0.2, -0.15) is 0 Å². The minimum absolute atomic E-state index is 0.00429. The lowest BCUT2D eigenvalue weighted by Gasteiger charge is -2.12. The Morgan fingerprint density at radius 1 is 1.22 bits per heavy atom. The number of benzene rings is 2. The summed E-state index contributed by atoms with van der Waals surface area (Å²) in [5, 5.41) is 14.0. The lowest BCUT2D eigenvalue weighted by atomic mass is 10.1. The van der Waals surface area contributed by atoms with E-state index in [0.717, 1.165) is 0 Å². The summed E-state index contributed by atoms with van der Waals surface area (Å²) in [6.07, 6.45) is 0. The first-order valence-corrected chi connectivity index (χ1v) is 8.15. The van der Waals surface area contributed by atoms with Gasteiger partial charge in [0, 0.05) is 31.5 Å². The van der Waals surface area contributed by atoms with Crippen LogP contribution >= 0.6 is 0 Å². The molecule has 1 heterocycles. The first-order chi connectivity index (χ1) is 13.1. The van der Waals surface area contributed by atoms with Crippen LogP contribution in [0.4, 0.5) is 11.4 Å². The molecule has 0 spiro atoms. The molecule has 0 atom stereocenters. The third-order valence-corrected chi connectivity index (χ3v) is 3.86. The Bertz CT molecular complexity index is 854. The number of fused-ring (bicyclic) bond motifs is 1. The van der Waals surface area contributed by atoms with E-state index in [9.17, 15) is 14.9 Å². The predicted molar refractivity (Wildman–Crippen MR) is 95.1 cm³/mol. The van der Waals surface area contributed by atoms with Crippen LogP contribution in [-0.4, -0.2) is 37.9 Å². The fourth-order valence-corrected chi connectivity index (χ4v) is 2.51. The molecule has 9 nitrogen and oxygen atoms in total. The molecule has 2 aromatic rings. The van der Waals surface area contributed by atoms with Gasteiger partial charge in [0.15, 0.2) is 11.5 Å². The van der Waals surface area contributed by atoms with Crippen molar-refractivity contribution in [1.82, 2.24) is 0 Å². The van der Waals surface area contributed by atoms with Crippen molar-refractivity contribution >= 4 is 17.3 Å². The molecule has 1 N–H and O–H groups in total. The zero-order valence-corrected chi connectivity index (χ0v) is 14.6. The van der Waals surface area contributed by atoms with E-state index in [4.69, 9.17) is 18.9 Å². The summed E-state index contributed by atoms with van der Waals surface area (Å²) >= 11 is 0. The summed E-state index contributed by atoms with van der Waals surface area (Å²) in [5.74, 6) is 0.547. The van der Waals surface area contributed by atoms with E-state index in [1.165, 1.54) is 18.2 Å². The first-order valence-electron chi connectivity index (χ1n) is 8.15. The van der Waals surface area contributed by atoms with Gasteiger partial charge in [-0.15, -0.1) is 0 Å². The number of ether oxygens (including phenoxy) is 4. The lowest BCUT2D eigenvalue weighted by Crippen LogP contribution is -2.13. The number of anilines is 1. The summed E-state index contributed by atoms with van der Waals surface area (Å²) in [6, 6.07) is 9.20. The Hall–Kier alpha value is -3.33. The number of esters is 1. The van der Waals surface area contributed by atoms with Crippen molar-refractivity contribution in [3.05, 3.63) is 57.6 Å². The van der Waals surface area contributed by atoms with Gasteiger partial charge in [0.05, 0.1) is 17.1 Å². The molecule has 0 amide bonds. The van der Waals surface area contributed by atoms with Gasteiger partial charge in [0.1, 0.15) is 6.61 Å². The second kappa shape index (κ2) is 8.37. The number of hydrogen-bond acceptors (Lipinski definition) is 8. The third-order valence-electron chi connectivity index (χ3n) is 3.86. The summed E-state index contributed by atoms with van der Waals surface area (Å²) in [7, 11) is 1.55. The van der Waals surface area contributed by atoms with Gasteiger partial charge in [-0.3, -0.25) is 10.1 Å². The quantitative estimate of drug-likeness (QED) is 0.325. The lowest BCUT2D eigenvalue weighted by molar-refractivity contribution is -0.384. The average molecular weight is 374 g/mol. The van der Waals surface area contributed by atoms with E-state index in [-0.39, 0.29) is 24.7 Å². The Morgan fingerprint density at radius 3 is 2.81 bits per heavy atom. The number of methoxy groups -OCH3 is 1. The number of nitrogens with one attached hydrogen (secondary N) is 1. The van der Waals surface area contributed by atoms with Gasteiger partial charge in [-0.1, -0.05) is 6.07 Å². The van der Waals surface area contributed by atoms with Gasteiger partial charge in [-0.25, -0.2) is 4.79 Å². The molecular weight excluding hydrogens is 356 g/mol. The van der Waals surface area contributed by atoms with E-state index < -0.39 is 10.9 Å². The largest absolute Gasteiger partial charge is 0.457 e. The highest BCUT2D eigenvalue weighted by atomic mass is 16.7. The van der Waals surface area contributed by atoms with E-state index in [0.29, 0.717) is 35.9 Å². The first kappa shape index (κ1) is 18.5. The number of nitro groups is 1. The SMILES string of the molecule is COCCNc1ccc([N+](=O)[O-])cc1C(=O)OCc1ccc2c(c1)OCO2. The average Bonchev–Trinajstić information content (AvgIpc) is 3.14. The highest BCUT2D eigenvalue weighted by Crippen LogP contribution is 2.32. The third kappa shape index (κ3) is 4.45. The molecule has 0 fully saturated rings. The van der Waals surface area contributed by atoms with Crippen molar-refractivity contribution in [2.75, 3.05) is 32.4 Å². The molecule has 0 unspecified atom stereocenters. The molecule has 9 heteroatoms. The normalized spacial score (nSPS) is 11.9. The molecule has 142 valence electrons. The van der Waals surface area contributed by atoms with Crippen LogP contribution in [0.3, 0.4) is 0 Å². The highest BCUT2D eigenvalue weighted by Gasteiger charge is 2.19. The molecule has 0 bridgehead atoms. The number of carbonyl (C=O) groups excluding carboxylic acids is 1. The summed E-state index contributed by atoms with van der Waals surface area (Å²) in [4.78, 5) is 23.0. The van der Waals surface area contributed by atoms with E-state index in [1.807, 2.05) is 0 Å². The van der Waals surface area contributed by atoms with Crippen LogP contribution in [0.1, 0.15) is 15.9 Å². The van der Waals surface area contributed by atoms with Crippen LogP contribution in [0.2, 0.25) is 0 Å². The fourth-order valence-electron chi connectivity index (χ4n) is 2.51. The van der Waals surface area contributed by atoms with Crippen molar-refractivity contribution < 1.29 is 28.7 Å². The van der Waals surface area contributed by atoms with Crippen molar-refractivity contribution in [2.45, 2.75) is 6.61 Å². The zero-order chi connectivity index (χ0) is 19.2. The maximum atomic E-state index is 12.5. The van der Waals surface area contributed by atoms with E-state index in [1.54, 1.807) is 25.3 Å². The predicted octanol–water partition coefficient (Wildman–Crippen LogP) is 2.74. The summed E-state index contributed by atoms with van der Waals surface area (Å²) in [5.41, 5.74) is 1.05. The zero-order valence-electron chi connectivity index (χ0n) is 14.6. The Balaban J connectivity index is 1.73. The van der Waals surface area contributed by atoms with Crippen LogP contribution in [-0.2, 0) is 16.1 Å². The van der Waals surface area contributed by atoms with Gasteiger partial charge < -0.3 is 24.3 Å². The molecule has 0 saturated carbocycles. The van der Waals surface area contributed by atoms with E-state index in [2.05, 4.69) is 5.32 Å². The second-order valence-corrected chi connectivity index (χ2v) is 5.67. The number of non-ortho nitro benzene ring substituents is 1. The summed E-state index contributed by atoms with van der Waals surface area (Å²) in [6.45, 7) is 1.01. The minimum atomic E-state index is -0.670. The molecule has 0 saturated heterocycles. The molecule has 27 heavy (non-hydrogen) atoms. The van der Waals surface area contributed by atoms with Crippen LogP contribution in [0, 0.1) is 10.1 Å². The van der Waals surface area contributed by atoms with Crippen LogP contribution < -0.4 is 14.8 Å². The van der Waals surface area contributed by atoms with Crippen molar-refractivity contribution in [3.8, 4) is 11.5 Å². The van der Waals surface area contributed by atoms with Crippen LogP contribution in [0.15, 0.2) is 36.4 Å². The molecule has 0 radical (unpaired) electrons. The number of nitrogens with zero attached hydrogens (tertiary/aromatic N) is 1. The monoisotopic (exact) mass is 374 g/mol. The summed E-state index contributed by atoms with van der Waals surface area (Å²) < 4.78 is 20.8. The van der Waals surface area contributed by atoms with Crippen molar-refractivity contribution in [2.24, 2.45) is 0 Å². The fraction of sp³-hybridized carbons (Fsp3) is 0.278. The van der Waals surface area contributed by atoms with Crippen LogP contribution in [0.25, 0.3) is 0 Å². The molecule has 0 aliphatic carbocycles. The van der Waals surface area contributed by atoms with E-state index >= 15 is 0 Å². The van der Waals surface area contributed by atoms with Gasteiger partial charge in [0.2, 0.25) is 6.79 Å². The standard InChI is InChI=1S/C18H18N2O7/c1-24-7-6-19-15-4-3-13(20(22)23)9-14(15)18(21)25-10-12-2-5-16-17(8-12)27-11-26-16/h2-5,8-9,19H,6-7,10-11H2,1H3. The minimum Gasteiger partial charge on any atom is -0.457 e. The Morgan fingerprint density at radius 2 is 2.04 bits per heavy atom. The maximum Gasteiger partial charge on any atom is 0.340 e. The molecular formula is C18H18N2O7. The van der Waals surface area contributed by atoms with Gasteiger partial charge in [-0.05, 0) is 23.8 Å². The maximum absolute atomic E-state index is 12.5. The molecule has 1 aliphatic heterocycles. The van der Waals surface area contributed by atoms with Gasteiger partial charge in [0.25, 0.3) is 5.69 Å². The second-order valence-electron chi connectivity index (χ2n) is 5.67. The molecule has 2 aromatic carbocycles. The number of hydrogen-bond donors (Lipinski definition) is 1. The number of carbonyl (C=O) groups is 1. The number of nitro benzene ring substituents is 1. The Kier molecular flexibility index (Phi) is 5.72. The van der Waals surface area contributed by atoms with Gasteiger partial charge >= 0.3 is 5.97 Å². The smallest absolute Gasteiger partial charge is 0.340 e. The van der Waals surface area contributed by atoms with Crippen molar-refractivity contribution in [3.63, 3.8) is 0 Å². The molecule has 3 rings (SSSR count). The Labute approximate surface area is 154 Å². The van der Waals surface area contributed by atoms with Crippen molar-refractivity contribution in [1.29, 1.82) is 0 Å².